The molecule has 19 heavy (non-hydrogen) atoms. The Kier molecular flexibility index (Phi) is 3.23. The van der Waals surface area contributed by atoms with E-state index in [4.69, 9.17) is 0 Å². The fraction of sp³-hybridized carbons (Fsp3) is 0.467. The van der Waals surface area contributed by atoms with Gasteiger partial charge in [0.1, 0.15) is 11.3 Å². The maximum Gasteiger partial charge on any atom is 0.271 e. The lowest BCUT2D eigenvalue weighted by Gasteiger charge is -2.35. The fourth-order valence-corrected chi connectivity index (χ4v) is 2.96. The van der Waals surface area contributed by atoms with Gasteiger partial charge in [0, 0.05) is 25.0 Å². The van der Waals surface area contributed by atoms with E-state index >= 15 is 0 Å². The van der Waals surface area contributed by atoms with Crippen LogP contribution in [0.4, 0.5) is 0 Å². The van der Waals surface area contributed by atoms with Crippen molar-refractivity contribution in [3.8, 4) is 0 Å². The van der Waals surface area contributed by atoms with Gasteiger partial charge in [-0.25, -0.2) is 4.98 Å². The Morgan fingerprint density at radius 3 is 3.16 bits per heavy atom. The molecule has 0 N–H and O–H groups in total. The van der Waals surface area contributed by atoms with Crippen LogP contribution in [-0.4, -0.2) is 32.8 Å². The van der Waals surface area contributed by atoms with Crippen molar-refractivity contribution < 1.29 is 4.79 Å². The molecule has 4 heteroatoms. The highest BCUT2D eigenvalue weighted by Crippen LogP contribution is 2.22. The van der Waals surface area contributed by atoms with Crippen molar-refractivity contribution in [1.82, 2.24) is 14.3 Å². The van der Waals surface area contributed by atoms with Gasteiger partial charge in [0.15, 0.2) is 0 Å². The summed E-state index contributed by atoms with van der Waals surface area (Å²) in [5.74, 6) is 0.134. The van der Waals surface area contributed by atoms with Gasteiger partial charge in [-0.3, -0.25) is 9.20 Å². The Bertz CT molecular complexity index is 590. The maximum absolute atomic E-state index is 12.8. The fourth-order valence-electron chi connectivity index (χ4n) is 2.96. The average Bonchev–Trinajstić information content (AvgIpc) is 2.94. The molecule has 1 amide bonds. The van der Waals surface area contributed by atoms with E-state index in [2.05, 4.69) is 11.9 Å². The molecular formula is C15H19N3O. The van der Waals surface area contributed by atoms with Gasteiger partial charge < -0.3 is 4.90 Å². The van der Waals surface area contributed by atoms with E-state index in [-0.39, 0.29) is 5.91 Å². The van der Waals surface area contributed by atoms with Crippen molar-refractivity contribution in [3.05, 3.63) is 36.3 Å². The molecule has 3 heterocycles. The molecule has 1 fully saturated rings. The van der Waals surface area contributed by atoms with Crippen molar-refractivity contribution in [2.24, 2.45) is 0 Å². The molecule has 2 aromatic rings. The van der Waals surface area contributed by atoms with Crippen LogP contribution in [0.15, 0.2) is 30.6 Å². The van der Waals surface area contributed by atoms with E-state index in [1.165, 1.54) is 6.42 Å². The molecule has 0 spiro atoms. The number of amides is 1. The number of hydrogen-bond acceptors (Lipinski definition) is 2. The maximum atomic E-state index is 12.8. The summed E-state index contributed by atoms with van der Waals surface area (Å²) in [5, 5.41) is 0. The highest BCUT2D eigenvalue weighted by molar-refractivity contribution is 5.93. The van der Waals surface area contributed by atoms with Crippen LogP contribution in [0, 0.1) is 0 Å². The van der Waals surface area contributed by atoms with Gasteiger partial charge in [0.2, 0.25) is 0 Å². The molecule has 100 valence electrons. The number of fused-ring (bicyclic) bond motifs is 1. The minimum Gasteiger partial charge on any atom is -0.334 e. The summed E-state index contributed by atoms with van der Waals surface area (Å²) >= 11 is 0. The predicted octanol–water partition coefficient (Wildman–Crippen LogP) is 2.74. The Labute approximate surface area is 113 Å². The summed E-state index contributed by atoms with van der Waals surface area (Å²) in [7, 11) is 0. The first-order valence-electron chi connectivity index (χ1n) is 7.04. The molecule has 4 nitrogen and oxygen atoms in total. The molecule has 0 saturated carbocycles. The molecule has 0 bridgehead atoms. The molecular weight excluding hydrogens is 238 g/mol. The number of imidazole rings is 1. The van der Waals surface area contributed by atoms with Crippen molar-refractivity contribution in [2.45, 2.75) is 38.6 Å². The van der Waals surface area contributed by atoms with Crippen LogP contribution in [0.3, 0.4) is 0 Å². The second kappa shape index (κ2) is 5.03. The Balaban J connectivity index is 1.96. The molecule has 2 aromatic heterocycles. The zero-order valence-electron chi connectivity index (χ0n) is 11.2. The topological polar surface area (TPSA) is 37.6 Å². The summed E-state index contributed by atoms with van der Waals surface area (Å²) in [6, 6.07) is 6.10. The van der Waals surface area contributed by atoms with E-state index in [1.54, 1.807) is 6.20 Å². The summed E-state index contributed by atoms with van der Waals surface area (Å²) < 4.78 is 1.88. The third kappa shape index (κ3) is 2.11. The first-order valence-corrected chi connectivity index (χ1v) is 7.04. The molecule has 0 aromatic carbocycles. The number of piperidine rings is 1. The first kappa shape index (κ1) is 12.2. The molecule has 1 aliphatic rings. The summed E-state index contributed by atoms with van der Waals surface area (Å²) in [5.41, 5.74) is 1.55. The third-order valence-corrected chi connectivity index (χ3v) is 4.01. The zero-order chi connectivity index (χ0) is 13.2. The molecule has 1 unspecified atom stereocenters. The van der Waals surface area contributed by atoms with Crippen molar-refractivity contribution in [1.29, 1.82) is 0 Å². The average molecular weight is 257 g/mol. The minimum absolute atomic E-state index is 0.134. The highest BCUT2D eigenvalue weighted by atomic mass is 16.2. The van der Waals surface area contributed by atoms with Gasteiger partial charge in [-0.2, -0.15) is 0 Å². The molecule has 0 radical (unpaired) electrons. The lowest BCUT2D eigenvalue weighted by Crippen LogP contribution is -2.43. The van der Waals surface area contributed by atoms with Gasteiger partial charge in [-0.15, -0.1) is 0 Å². The van der Waals surface area contributed by atoms with Crippen LogP contribution in [0.5, 0.6) is 0 Å². The Morgan fingerprint density at radius 2 is 2.32 bits per heavy atom. The van der Waals surface area contributed by atoms with E-state index in [0.29, 0.717) is 6.04 Å². The number of aromatic nitrogens is 2. The van der Waals surface area contributed by atoms with Crippen LogP contribution in [0.1, 0.15) is 43.1 Å². The van der Waals surface area contributed by atoms with Crippen LogP contribution in [-0.2, 0) is 0 Å². The predicted molar refractivity (Wildman–Crippen MR) is 74.2 cm³/mol. The smallest absolute Gasteiger partial charge is 0.271 e. The first-order chi connectivity index (χ1) is 9.31. The molecule has 0 aliphatic carbocycles. The van der Waals surface area contributed by atoms with Crippen LogP contribution in [0.2, 0.25) is 0 Å². The number of nitrogens with zero attached hydrogens (tertiary/aromatic N) is 3. The number of carbonyl (C=O) groups excluding carboxylic acids is 1. The molecule has 1 atom stereocenters. The summed E-state index contributed by atoms with van der Waals surface area (Å²) in [4.78, 5) is 19.0. The van der Waals surface area contributed by atoms with E-state index in [0.717, 1.165) is 37.1 Å². The van der Waals surface area contributed by atoms with Gasteiger partial charge in [0.25, 0.3) is 5.91 Å². The van der Waals surface area contributed by atoms with Crippen molar-refractivity contribution >= 4 is 11.6 Å². The van der Waals surface area contributed by atoms with E-state index in [9.17, 15) is 4.79 Å². The third-order valence-electron chi connectivity index (χ3n) is 4.01. The molecule has 1 aliphatic heterocycles. The van der Waals surface area contributed by atoms with Crippen LogP contribution in [0.25, 0.3) is 5.65 Å². The molecule has 1 saturated heterocycles. The Hall–Kier alpha value is -1.84. The number of likely N-dealkylation sites (tertiary alicyclic amines) is 1. The molecule has 3 rings (SSSR count). The SMILES string of the molecule is CCC1CCCCN1C(=O)c1cccc2nccn12. The van der Waals surface area contributed by atoms with E-state index < -0.39 is 0 Å². The lowest BCUT2D eigenvalue weighted by molar-refractivity contribution is 0.0600. The second-order valence-corrected chi connectivity index (χ2v) is 5.12. The van der Waals surface area contributed by atoms with Crippen LogP contribution < -0.4 is 0 Å². The number of hydrogen-bond donors (Lipinski definition) is 0. The Morgan fingerprint density at radius 1 is 1.42 bits per heavy atom. The highest BCUT2D eigenvalue weighted by Gasteiger charge is 2.27. The summed E-state index contributed by atoms with van der Waals surface area (Å²) in [6.07, 6.45) is 8.10. The normalized spacial score (nSPS) is 19.8. The van der Waals surface area contributed by atoms with Crippen molar-refractivity contribution in [2.75, 3.05) is 6.54 Å². The monoisotopic (exact) mass is 257 g/mol. The van der Waals surface area contributed by atoms with E-state index in [1.807, 2.05) is 33.7 Å². The van der Waals surface area contributed by atoms with Gasteiger partial charge in [-0.05, 0) is 37.8 Å². The zero-order valence-corrected chi connectivity index (χ0v) is 11.2. The quantitative estimate of drug-likeness (QED) is 0.829. The second-order valence-electron chi connectivity index (χ2n) is 5.12. The largest absolute Gasteiger partial charge is 0.334 e. The van der Waals surface area contributed by atoms with Gasteiger partial charge >= 0.3 is 0 Å². The van der Waals surface area contributed by atoms with Crippen molar-refractivity contribution in [3.63, 3.8) is 0 Å². The number of rotatable bonds is 2. The van der Waals surface area contributed by atoms with Gasteiger partial charge in [0.05, 0.1) is 0 Å². The van der Waals surface area contributed by atoms with Crippen LogP contribution >= 0.6 is 0 Å². The minimum atomic E-state index is 0.134. The summed E-state index contributed by atoms with van der Waals surface area (Å²) in [6.45, 7) is 3.04. The lowest BCUT2D eigenvalue weighted by atomic mass is 9.99. The number of carbonyl (C=O) groups is 1. The van der Waals surface area contributed by atoms with Gasteiger partial charge in [-0.1, -0.05) is 13.0 Å². The standard InChI is InChI=1S/C15H19N3O/c1-2-12-6-3-4-10-17(12)15(19)13-7-5-8-14-16-9-11-18(13)14/h5,7-9,11-12H,2-4,6,10H2,1H3. The number of pyridine rings is 1.